The maximum Gasteiger partial charge on any atom is 0.0540 e. The standard InChI is InChI=1S/C9H18O/c1-7-3-5-9(10)6-4-8(7)2/h7-10H,3-6H2,1-2H3. The molecule has 1 nitrogen and oxygen atoms in total. The fourth-order valence-electron chi connectivity index (χ4n) is 1.62. The maximum atomic E-state index is 9.32. The number of hydrogen-bond donors (Lipinski definition) is 1. The van der Waals surface area contributed by atoms with Crippen molar-refractivity contribution in [1.82, 2.24) is 0 Å². The quantitative estimate of drug-likeness (QED) is 0.514. The summed E-state index contributed by atoms with van der Waals surface area (Å²) < 4.78 is 0. The first-order valence-electron chi connectivity index (χ1n) is 4.38. The summed E-state index contributed by atoms with van der Waals surface area (Å²) >= 11 is 0. The normalized spacial score (nSPS) is 42.9. The van der Waals surface area contributed by atoms with Gasteiger partial charge in [-0.1, -0.05) is 13.8 Å². The highest BCUT2D eigenvalue weighted by atomic mass is 16.3. The molecule has 0 saturated heterocycles. The molecular weight excluding hydrogens is 124 g/mol. The molecule has 0 radical (unpaired) electrons. The highest BCUT2D eigenvalue weighted by Crippen LogP contribution is 2.27. The number of aliphatic hydroxyl groups is 1. The maximum absolute atomic E-state index is 9.32. The van der Waals surface area contributed by atoms with E-state index in [4.69, 9.17) is 0 Å². The number of hydrogen-bond acceptors (Lipinski definition) is 1. The Bertz CT molecular complexity index is 88.9. The first-order chi connectivity index (χ1) is 4.70. The third-order valence-electron chi connectivity index (χ3n) is 2.88. The van der Waals surface area contributed by atoms with Crippen LogP contribution in [0.5, 0.6) is 0 Å². The van der Waals surface area contributed by atoms with E-state index in [2.05, 4.69) is 13.8 Å². The van der Waals surface area contributed by atoms with Gasteiger partial charge < -0.3 is 5.11 Å². The predicted octanol–water partition coefficient (Wildman–Crippen LogP) is 2.19. The Balaban J connectivity index is 2.38. The van der Waals surface area contributed by atoms with Crippen LogP contribution < -0.4 is 0 Å². The molecule has 0 heterocycles. The van der Waals surface area contributed by atoms with E-state index in [1.807, 2.05) is 0 Å². The third kappa shape index (κ3) is 1.98. The van der Waals surface area contributed by atoms with Gasteiger partial charge in [0.15, 0.2) is 0 Å². The lowest BCUT2D eigenvalue weighted by Crippen LogP contribution is -2.04. The molecule has 1 heteroatoms. The molecule has 1 saturated carbocycles. The van der Waals surface area contributed by atoms with E-state index in [1.165, 1.54) is 12.8 Å². The Hall–Kier alpha value is -0.0400. The molecule has 2 atom stereocenters. The summed E-state index contributed by atoms with van der Waals surface area (Å²) in [7, 11) is 0. The molecule has 1 aliphatic rings. The van der Waals surface area contributed by atoms with Gasteiger partial charge in [-0.3, -0.25) is 0 Å². The molecule has 0 aromatic heterocycles. The fourth-order valence-corrected chi connectivity index (χ4v) is 1.62. The smallest absolute Gasteiger partial charge is 0.0540 e. The summed E-state index contributed by atoms with van der Waals surface area (Å²) in [5, 5.41) is 9.32. The lowest BCUT2D eigenvalue weighted by Gasteiger charge is -2.14. The Labute approximate surface area is 63.4 Å². The number of aliphatic hydroxyl groups excluding tert-OH is 1. The summed E-state index contributed by atoms with van der Waals surface area (Å²) in [5.74, 6) is 1.63. The molecule has 1 N–H and O–H groups in total. The SMILES string of the molecule is CC1CCC(O)CCC1C. The van der Waals surface area contributed by atoms with Crippen LogP contribution in [0.4, 0.5) is 0 Å². The second-order valence-corrected chi connectivity index (χ2v) is 3.76. The van der Waals surface area contributed by atoms with Gasteiger partial charge in [0.2, 0.25) is 0 Å². The zero-order valence-electron chi connectivity index (χ0n) is 7.01. The second kappa shape index (κ2) is 3.38. The second-order valence-electron chi connectivity index (χ2n) is 3.76. The molecule has 0 aromatic carbocycles. The summed E-state index contributed by atoms with van der Waals surface area (Å²) in [4.78, 5) is 0. The molecule has 1 rings (SSSR count). The van der Waals surface area contributed by atoms with Crippen molar-refractivity contribution in [2.75, 3.05) is 0 Å². The van der Waals surface area contributed by atoms with Crippen molar-refractivity contribution in [1.29, 1.82) is 0 Å². The van der Waals surface area contributed by atoms with Gasteiger partial charge in [-0.15, -0.1) is 0 Å². The van der Waals surface area contributed by atoms with E-state index in [9.17, 15) is 5.11 Å². The van der Waals surface area contributed by atoms with E-state index in [0.29, 0.717) is 0 Å². The highest BCUT2D eigenvalue weighted by Gasteiger charge is 2.19. The monoisotopic (exact) mass is 142 g/mol. The van der Waals surface area contributed by atoms with Gasteiger partial charge in [0, 0.05) is 0 Å². The fraction of sp³-hybridized carbons (Fsp3) is 1.00. The van der Waals surface area contributed by atoms with Gasteiger partial charge in [0.05, 0.1) is 6.10 Å². The van der Waals surface area contributed by atoms with E-state index < -0.39 is 0 Å². The van der Waals surface area contributed by atoms with Crippen molar-refractivity contribution in [3.05, 3.63) is 0 Å². The van der Waals surface area contributed by atoms with Crippen LogP contribution in [0.1, 0.15) is 39.5 Å². The third-order valence-corrected chi connectivity index (χ3v) is 2.88. The lowest BCUT2D eigenvalue weighted by molar-refractivity contribution is 0.155. The van der Waals surface area contributed by atoms with Gasteiger partial charge in [-0.2, -0.15) is 0 Å². The molecule has 0 aromatic rings. The topological polar surface area (TPSA) is 20.2 Å². The van der Waals surface area contributed by atoms with E-state index in [0.717, 1.165) is 24.7 Å². The summed E-state index contributed by atoms with van der Waals surface area (Å²) in [6.45, 7) is 4.59. The van der Waals surface area contributed by atoms with Crippen LogP contribution in [0, 0.1) is 11.8 Å². The molecule has 10 heavy (non-hydrogen) atoms. The van der Waals surface area contributed by atoms with Crippen molar-refractivity contribution in [2.24, 2.45) is 11.8 Å². The average Bonchev–Trinajstić information content (AvgIpc) is 2.04. The van der Waals surface area contributed by atoms with E-state index >= 15 is 0 Å². The van der Waals surface area contributed by atoms with Gasteiger partial charge in [0.25, 0.3) is 0 Å². The van der Waals surface area contributed by atoms with Crippen molar-refractivity contribution in [3.63, 3.8) is 0 Å². The molecule has 60 valence electrons. The summed E-state index contributed by atoms with van der Waals surface area (Å²) in [6, 6.07) is 0. The number of rotatable bonds is 0. The minimum atomic E-state index is -0.00704. The van der Waals surface area contributed by atoms with Gasteiger partial charge in [0.1, 0.15) is 0 Å². The Kier molecular flexibility index (Phi) is 2.72. The zero-order chi connectivity index (χ0) is 7.56. The first kappa shape index (κ1) is 8.06. The van der Waals surface area contributed by atoms with Crippen LogP contribution in [0.3, 0.4) is 0 Å². The van der Waals surface area contributed by atoms with E-state index in [-0.39, 0.29) is 6.10 Å². The largest absolute Gasteiger partial charge is 0.393 e. The average molecular weight is 142 g/mol. The minimum Gasteiger partial charge on any atom is -0.393 e. The van der Waals surface area contributed by atoms with Gasteiger partial charge in [-0.05, 0) is 37.5 Å². The molecule has 2 unspecified atom stereocenters. The van der Waals surface area contributed by atoms with Crippen molar-refractivity contribution in [3.8, 4) is 0 Å². The van der Waals surface area contributed by atoms with Crippen LogP contribution in [-0.4, -0.2) is 11.2 Å². The van der Waals surface area contributed by atoms with Crippen LogP contribution >= 0.6 is 0 Å². The molecule has 0 spiro atoms. The first-order valence-corrected chi connectivity index (χ1v) is 4.38. The molecule has 0 bridgehead atoms. The van der Waals surface area contributed by atoms with Crippen LogP contribution in [0.2, 0.25) is 0 Å². The molecule has 1 fully saturated rings. The molecule has 1 aliphatic carbocycles. The Morgan fingerprint density at radius 1 is 0.900 bits per heavy atom. The summed E-state index contributed by atoms with van der Waals surface area (Å²) in [5.41, 5.74) is 0. The minimum absolute atomic E-state index is 0.00704. The Morgan fingerprint density at radius 2 is 1.30 bits per heavy atom. The zero-order valence-corrected chi connectivity index (χ0v) is 7.01. The van der Waals surface area contributed by atoms with Crippen molar-refractivity contribution >= 4 is 0 Å². The molecular formula is C9H18O. The molecule has 0 aliphatic heterocycles. The van der Waals surface area contributed by atoms with Crippen LogP contribution in [0.15, 0.2) is 0 Å². The highest BCUT2D eigenvalue weighted by molar-refractivity contribution is 4.71. The lowest BCUT2D eigenvalue weighted by atomic mass is 9.92. The molecule has 0 amide bonds. The van der Waals surface area contributed by atoms with Crippen LogP contribution in [-0.2, 0) is 0 Å². The van der Waals surface area contributed by atoms with Crippen LogP contribution in [0.25, 0.3) is 0 Å². The summed E-state index contributed by atoms with van der Waals surface area (Å²) in [6.07, 6.45) is 4.45. The van der Waals surface area contributed by atoms with Crippen molar-refractivity contribution < 1.29 is 5.11 Å². The van der Waals surface area contributed by atoms with Gasteiger partial charge >= 0.3 is 0 Å². The predicted molar refractivity (Wildman–Crippen MR) is 42.8 cm³/mol. The van der Waals surface area contributed by atoms with Gasteiger partial charge in [-0.25, -0.2) is 0 Å². The van der Waals surface area contributed by atoms with Crippen molar-refractivity contribution in [2.45, 2.75) is 45.6 Å². The Morgan fingerprint density at radius 3 is 1.70 bits per heavy atom. The van der Waals surface area contributed by atoms with E-state index in [1.54, 1.807) is 0 Å².